The molecule has 6 heteroatoms. The van der Waals surface area contributed by atoms with Gasteiger partial charge < -0.3 is 19.9 Å². The van der Waals surface area contributed by atoms with Gasteiger partial charge in [0.2, 0.25) is 0 Å². The summed E-state index contributed by atoms with van der Waals surface area (Å²) < 4.78 is 5.89. The summed E-state index contributed by atoms with van der Waals surface area (Å²) in [5.74, 6) is 1.38. The lowest BCUT2D eigenvalue weighted by Gasteiger charge is -2.17. The lowest BCUT2D eigenvalue weighted by molar-refractivity contribution is 0.102. The molecule has 5 nitrogen and oxygen atoms in total. The molecule has 0 bridgehead atoms. The lowest BCUT2D eigenvalue weighted by Crippen LogP contribution is -2.15. The minimum atomic E-state index is -0.220. The van der Waals surface area contributed by atoms with Crippen molar-refractivity contribution in [3.63, 3.8) is 0 Å². The predicted molar refractivity (Wildman–Crippen MR) is 121 cm³/mol. The Hall–Kier alpha value is -3.44. The van der Waals surface area contributed by atoms with Gasteiger partial charge in [0.1, 0.15) is 17.2 Å². The molecule has 152 valence electrons. The van der Waals surface area contributed by atoms with Crippen LogP contribution in [0.15, 0.2) is 78.8 Å². The number of carbonyl (C=O) groups excluding carboxylic acids is 1. The number of likely N-dealkylation sites (N-methyl/N-ethyl adjacent to an activating group) is 1. The first-order valence-electron chi connectivity index (χ1n) is 9.61. The van der Waals surface area contributed by atoms with Crippen molar-refractivity contribution in [1.82, 2.24) is 9.88 Å². The number of halogens is 1. The monoisotopic (exact) mass is 419 g/mol. The summed E-state index contributed by atoms with van der Waals surface area (Å²) in [5, 5.41) is 3.48. The number of benzene rings is 2. The van der Waals surface area contributed by atoms with Crippen LogP contribution in [-0.4, -0.2) is 29.4 Å². The van der Waals surface area contributed by atoms with Crippen molar-refractivity contribution in [2.45, 2.75) is 6.92 Å². The third-order valence-corrected chi connectivity index (χ3v) is 5.26. The summed E-state index contributed by atoms with van der Waals surface area (Å²) >= 11 is 6.13. The van der Waals surface area contributed by atoms with E-state index in [1.807, 2.05) is 81.0 Å². The normalized spacial score (nSPS) is 13.2. The van der Waals surface area contributed by atoms with Gasteiger partial charge in [-0.15, -0.1) is 0 Å². The molecule has 4 rings (SSSR count). The van der Waals surface area contributed by atoms with Gasteiger partial charge in [-0.25, -0.2) is 0 Å². The van der Waals surface area contributed by atoms with Gasteiger partial charge in [-0.05, 0) is 66.1 Å². The van der Waals surface area contributed by atoms with Gasteiger partial charge in [0.05, 0.1) is 0 Å². The van der Waals surface area contributed by atoms with E-state index in [9.17, 15) is 4.79 Å². The number of aryl methyl sites for hydroxylation is 1. The number of aromatic nitrogens is 1. The molecule has 1 amide bonds. The van der Waals surface area contributed by atoms with Gasteiger partial charge in [-0.1, -0.05) is 29.8 Å². The van der Waals surface area contributed by atoms with Gasteiger partial charge in [-0.2, -0.15) is 0 Å². The van der Waals surface area contributed by atoms with E-state index in [1.54, 1.807) is 6.07 Å². The van der Waals surface area contributed by atoms with E-state index in [4.69, 9.17) is 16.3 Å². The zero-order valence-corrected chi connectivity index (χ0v) is 17.5. The van der Waals surface area contributed by atoms with Crippen molar-refractivity contribution < 1.29 is 9.53 Å². The molecule has 0 fully saturated rings. The van der Waals surface area contributed by atoms with Crippen molar-refractivity contribution in [3.8, 4) is 16.9 Å². The number of amides is 1. The van der Waals surface area contributed by atoms with Crippen LogP contribution in [-0.2, 0) is 0 Å². The van der Waals surface area contributed by atoms with Crippen molar-refractivity contribution in [2.75, 3.05) is 18.9 Å². The Kier molecular flexibility index (Phi) is 5.63. The second-order valence-corrected chi connectivity index (χ2v) is 7.62. The molecular formula is C24H22ClN3O2. The molecule has 2 heterocycles. The van der Waals surface area contributed by atoms with Crippen LogP contribution in [0.4, 0.5) is 5.69 Å². The zero-order chi connectivity index (χ0) is 21.1. The molecule has 0 saturated carbocycles. The van der Waals surface area contributed by atoms with Crippen LogP contribution in [0.2, 0.25) is 5.02 Å². The molecule has 0 radical (unpaired) electrons. The summed E-state index contributed by atoms with van der Waals surface area (Å²) in [4.78, 5) is 17.6. The number of ether oxygens (including phenoxy) is 1. The summed E-state index contributed by atoms with van der Waals surface area (Å²) in [6.45, 7) is 2.75. The number of hydrogen-bond donors (Lipinski definition) is 2. The molecule has 2 N–H and O–H groups in total. The van der Waals surface area contributed by atoms with E-state index in [1.165, 1.54) is 0 Å². The van der Waals surface area contributed by atoms with Crippen LogP contribution in [0.5, 0.6) is 5.75 Å². The molecular weight excluding hydrogens is 398 g/mol. The first-order valence-corrected chi connectivity index (χ1v) is 9.98. The SMILES string of the molecule is Cc1ccc(NC(=O)c2cc(-c3ccc(OC4=CCN(C)C=C4)cc3)c[nH]2)cc1Cl. The molecule has 0 spiro atoms. The van der Waals surface area contributed by atoms with Crippen LogP contribution in [0.1, 0.15) is 16.1 Å². The average molecular weight is 420 g/mol. The Balaban J connectivity index is 1.42. The highest BCUT2D eigenvalue weighted by atomic mass is 35.5. The molecule has 0 atom stereocenters. The van der Waals surface area contributed by atoms with Gasteiger partial charge in [0, 0.05) is 36.7 Å². The standard InChI is InChI=1S/C24H22ClN3O2/c1-16-3-6-19(14-22(16)25)27-24(29)23-13-18(15-26-23)17-4-7-20(8-5-17)30-21-9-11-28(2)12-10-21/h3-11,13-15,26H,12H2,1-2H3,(H,27,29). The zero-order valence-electron chi connectivity index (χ0n) is 16.8. The second-order valence-electron chi connectivity index (χ2n) is 7.21. The molecule has 0 aliphatic carbocycles. The van der Waals surface area contributed by atoms with Gasteiger partial charge in [0.25, 0.3) is 5.91 Å². The third kappa shape index (κ3) is 4.58. The summed E-state index contributed by atoms with van der Waals surface area (Å²) in [6.07, 6.45) is 7.78. The van der Waals surface area contributed by atoms with Crippen LogP contribution in [0.25, 0.3) is 11.1 Å². The van der Waals surface area contributed by atoms with E-state index in [0.29, 0.717) is 16.4 Å². The quantitative estimate of drug-likeness (QED) is 0.564. The van der Waals surface area contributed by atoms with Crippen molar-refractivity contribution >= 4 is 23.2 Å². The fourth-order valence-electron chi connectivity index (χ4n) is 3.05. The van der Waals surface area contributed by atoms with E-state index < -0.39 is 0 Å². The number of nitrogens with zero attached hydrogens (tertiary/aromatic N) is 1. The van der Waals surface area contributed by atoms with Crippen molar-refractivity contribution in [2.24, 2.45) is 0 Å². The van der Waals surface area contributed by atoms with Crippen molar-refractivity contribution in [1.29, 1.82) is 0 Å². The molecule has 30 heavy (non-hydrogen) atoms. The smallest absolute Gasteiger partial charge is 0.272 e. The molecule has 2 aromatic carbocycles. The van der Waals surface area contributed by atoms with Crippen LogP contribution in [0, 0.1) is 6.92 Å². The van der Waals surface area contributed by atoms with Crippen molar-refractivity contribution in [3.05, 3.63) is 95.1 Å². The summed E-state index contributed by atoms with van der Waals surface area (Å²) in [5.41, 5.74) is 4.01. The van der Waals surface area contributed by atoms with Gasteiger partial charge >= 0.3 is 0 Å². The van der Waals surface area contributed by atoms with Gasteiger partial charge in [-0.3, -0.25) is 4.79 Å². The topological polar surface area (TPSA) is 57.4 Å². The molecule has 0 unspecified atom stereocenters. The largest absolute Gasteiger partial charge is 0.458 e. The molecule has 1 aliphatic heterocycles. The minimum absolute atomic E-state index is 0.220. The number of allylic oxidation sites excluding steroid dienone is 1. The molecule has 1 aromatic heterocycles. The maximum atomic E-state index is 12.5. The summed E-state index contributed by atoms with van der Waals surface area (Å²) in [6, 6.07) is 15.1. The summed E-state index contributed by atoms with van der Waals surface area (Å²) in [7, 11) is 2.01. The van der Waals surface area contributed by atoms with E-state index in [2.05, 4.69) is 15.2 Å². The maximum absolute atomic E-state index is 12.5. The number of hydrogen-bond acceptors (Lipinski definition) is 3. The fourth-order valence-corrected chi connectivity index (χ4v) is 3.23. The second kappa shape index (κ2) is 8.51. The molecule has 3 aromatic rings. The number of anilines is 1. The Morgan fingerprint density at radius 3 is 2.63 bits per heavy atom. The Morgan fingerprint density at radius 2 is 1.93 bits per heavy atom. The molecule has 1 aliphatic rings. The van der Waals surface area contributed by atoms with Crippen LogP contribution < -0.4 is 10.1 Å². The molecule has 0 saturated heterocycles. The highest BCUT2D eigenvalue weighted by Gasteiger charge is 2.11. The Morgan fingerprint density at radius 1 is 1.13 bits per heavy atom. The van der Waals surface area contributed by atoms with Crippen LogP contribution >= 0.6 is 11.6 Å². The number of nitrogens with one attached hydrogen (secondary N) is 2. The minimum Gasteiger partial charge on any atom is -0.458 e. The fraction of sp³-hybridized carbons (Fsp3) is 0.125. The number of rotatable bonds is 5. The van der Waals surface area contributed by atoms with Gasteiger partial charge in [0.15, 0.2) is 0 Å². The predicted octanol–water partition coefficient (Wildman–Crippen LogP) is 5.62. The number of H-pyrrole nitrogens is 1. The first kappa shape index (κ1) is 19.9. The first-order chi connectivity index (χ1) is 14.5. The Labute approximate surface area is 180 Å². The highest BCUT2D eigenvalue weighted by Crippen LogP contribution is 2.25. The average Bonchev–Trinajstić information content (AvgIpc) is 3.23. The van der Waals surface area contributed by atoms with E-state index in [-0.39, 0.29) is 5.91 Å². The Bertz CT molecular complexity index is 1130. The third-order valence-electron chi connectivity index (χ3n) is 4.85. The lowest BCUT2D eigenvalue weighted by atomic mass is 10.1. The number of aromatic amines is 1. The highest BCUT2D eigenvalue weighted by molar-refractivity contribution is 6.31. The van der Waals surface area contributed by atoms with Crippen LogP contribution in [0.3, 0.4) is 0 Å². The maximum Gasteiger partial charge on any atom is 0.272 e. The van der Waals surface area contributed by atoms with E-state index in [0.717, 1.165) is 34.7 Å². The van der Waals surface area contributed by atoms with E-state index >= 15 is 0 Å². The number of carbonyl (C=O) groups is 1.